The van der Waals surface area contributed by atoms with Gasteiger partial charge in [0.05, 0.1) is 17.9 Å². The summed E-state index contributed by atoms with van der Waals surface area (Å²) in [5.74, 6) is 0.305. The van der Waals surface area contributed by atoms with Crippen molar-refractivity contribution >= 4 is 5.78 Å². The van der Waals surface area contributed by atoms with Gasteiger partial charge in [-0.15, -0.1) is 0 Å². The summed E-state index contributed by atoms with van der Waals surface area (Å²) in [5, 5.41) is 4.59. The van der Waals surface area contributed by atoms with Crippen molar-refractivity contribution in [1.82, 2.24) is 14.3 Å². The molecular weight excluding hydrogens is 262 g/mol. The minimum absolute atomic E-state index is 0.305. The van der Waals surface area contributed by atoms with Crippen LogP contribution in [0, 0.1) is 0 Å². The van der Waals surface area contributed by atoms with Crippen molar-refractivity contribution in [3.05, 3.63) is 41.0 Å². The van der Waals surface area contributed by atoms with Crippen molar-refractivity contribution in [2.75, 3.05) is 0 Å². The highest BCUT2D eigenvalue weighted by molar-refractivity contribution is 5.97. The van der Waals surface area contributed by atoms with Crippen LogP contribution in [0.15, 0.2) is 18.5 Å². The fraction of sp³-hybridized carbons (Fsp3) is 0.529. The first-order chi connectivity index (χ1) is 10.2. The van der Waals surface area contributed by atoms with Gasteiger partial charge >= 0.3 is 0 Å². The Labute approximate surface area is 125 Å². The Morgan fingerprint density at radius 3 is 2.76 bits per heavy atom. The second-order valence-corrected chi connectivity index (χ2v) is 5.80. The fourth-order valence-electron chi connectivity index (χ4n) is 3.11. The first-order valence-corrected chi connectivity index (χ1v) is 7.98. The third kappa shape index (κ3) is 2.80. The van der Waals surface area contributed by atoms with Crippen LogP contribution < -0.4 is 0 Å². The van der Waals surface area contributed by atoms with E-state index in [0.717, 1.165) is 50.0 Å². The SMILES string of the molecule is CCc1cc(Cn2cc3c(c2)C(=O)CCCC3)n(CC)n1. The van der Waals surface area contributed by atoms with E-state index in [4.69, 9.17) is 0 Å². The lowest BCUT2D eigenvalue weighted by Crippen LogP contribution is -2.07. The molecular formula is C17H23N3O. The third-order valence-corrected chi connectivity index (χ3v) is 4.28. The molecule has 3 rings (SSSR count). The van der Waals surface area contributed by atoms with Crippen LogP contribution >= 0.6 is 0 Å². The summed E-state index contributed by atoms with van der Waals surface area (Å²) >= 11 is 0. The largest absolute Gasteiger partial charge is 0.347 e. The summed E-state index contributed by atoms with van der Waals surface area (Å²) in [6.07, 6.45) is 9.01. The molecule has 4 heteroatoms. The summed E-state index contributed by atoms with van der Waals surface area (Å²) in [7, 11) is 0. The molecule has 0 aliphatic heterocycles. The van der Waals surface area contributed by atoms with Crippen LogP contribution in [0.1, 0.15) is 60.4 Å². The van der Waals surface area contributed by atoms with Crippen LogP contribution in [0.4, 0.5) is 0 Å². The number of aromatic nitrogens is 3. The van der Waals surface area contributed by atoms with Crippen molar-refractivity contribution in [3.63, 3.8) is 0 Å². The zero-order chi connectivity index (χ0) is 14.8. The molecule has 1 aliphatic rings. The van der Waals surface area contributed by atoms with E-state index < -0.39 is 0 Å². The number of rotatable bonds is 4. The second kappa shape index (κ2) is 5.88. The molecule has 0 atom stereocenters. The highest BCUT2D eigenvalue weighted by atomic mass is 16.1. The van der Waals surface area contributed by atoms with Crippen LogP contribution in [0.25, 0.3) is 0 Å². The van der Waals surface area contributed by atoms with Gasteiger partial charge in [-0.25, -0.2) is 0 Å². The van der Waals surface area contributed by atoms with Crippen molar-refractivity contribution in [2.45, 2.75) is 59.0 Å². The number of Topliss-reactive ketones (excluding diaryl/α,β-unsaturated/α-hetero) is 1. The van der Waals surface area contributed by atoms with E-state index in [9.17, 15) is 4.79 Å². The fourth-order valence-corrected chi connectivity index (χ4v) is 3.11. The molecule has 0 saturated heterocycles. The lowest BCUT2D eigenvalue weighted by atomic mass is 10.1. The smallest absolute Gasteiger partial charge is 0.164 e. The number of fused-ring (bicyclic) bond motifs is 1. The van der Waals surface area contributed by atoms with E-state index in [1.54, 1.807) is 0 Å². The summed E-state index contributed by atoms with van der Waals surface area (Å²) < 4.78 is 4.21. The number of carbonyl (C=O) groups excluding carboxylic acids is 1. The summed E-state index contributed by atoms with van der Waals surface area (Å²) in [6.45, 7) is 5.92. The van der Waals surface area contributed by atoms with Crippen LogP contribution in [0.2, 0.25) is 0 Å². The predicted molar refractivity (Wildman–Crippen MR) is 82.7 cm³/mol. The van der Waals surface area contributed by atoms with Crippen LogP contribution in [0.3, 0.4) is 0 Å². The monoisotopic (exact) mass is 285 g/mol. The van der Waals surface area contributed by atoms with Gasteiger partial charge in [0.25, 0.3) is 0 Å². The van der Waals surface area contributed by atoms with Gasteiger partial charge in [0.2, 0.25) is 0 Å². The molecule has 2 heterocycles. The van der Waals surface area contributed by atoms with Crippen molar-refractivity contribution in [2.24, 2.45) is 0 Å². The molecule has 2 aromatic heterocycles. The maximum atomic E-state index is 12.1. The molecule has 0 spiro atoms. The standard InChI is InChI=1S/C17H23N3O/c1-3-14-9-15(20(4-2)18-14)11-19-10-13-7-5-6-8-17(21)16(13)12-19/h9-10,12H,3-8,11H2,1-2H3. The Hall–Kier alpha value is -1.84. The average Bonchev–Trinajstić information content (AvgIpc) is 3.03. The molecule has 0 aromatic carbocycles. The Kier molecular flexibility index (Phi) is 3.95. The number of hydrogen-bond acceptors (Lipinski definition) is 2. The lowest BCUT2D eigenvalue weighted by Gasteiger charge is -2.05. The normalized spacial score (nSPS) is 15.0. The van der Waals surface area contributed by atoms with E-state index >= 15 is 0 Å². The Morgan fingerprint density at radius 2 is 2.00 bits per heavy atom. The molecule has 4 nitrogen and oxygen atoms in total. The van der Waals surface area contributed by atoms with Crippen LogP contribution in [-0.4, -0.2) is 20.1 Å². The zero-order valence-corrected chi connectivity index (χ0v) is 12.9. The maximum absolute atomic E-state index is 12.1. The molecule has 0 bridgehead atoms. The molecule has 0 radical (unpaired) electrons. The molecule has 112 valence electrons. The molecule has 0 amide bonds. The van der Waals surface area contributed by atoms with Crippen molar-refractivity contribution < 1.29 is 4.79 Å². The van der Waals surface area contributed by atoms with Crippen LogP contribution in [-0.2, 0) is 25.9 Å². The molecule has 0 saturated carbocycles. The molecule has 0 N–H and O–H groups in total. The first-order valence-electron chi connectivity index (χ1n) is 7.98. The molecule has 21 heavy (non-hydrogen) atoms. The first kappa shape index (κ1) is 14.1. The minimum atomic E-state index is 0.305. The number of nitrogens with zero attached hydrogens (tertiary/aromatic N) is 3. The summed E-state index contributed by atoms with van der Waals surface area (Å²) in [5.41, 5.74) is 4.50. The number of ketones is 1. The van der Waals surface area contributed by atoms with Crippen molar-refractivity contribution in [1.29, 1.82) is 0 Å². The van der Waals surface area contributed by atoms with Gasteiger partial charge < -0.3 is 4.57 Å². The predicted octanol–water partition coefficient (Wildman–Crippen LogP) is 3.22. The van der Waals surface area contributed by atoms with E-state index in [2.05, 4.69) is 40.5 Å². The molecule has 0 unspecified atom stereocenters. The topological polar surface area (TPSA) is 39.8 Å². The Morgan fingerprint density at radius 1 is 1.19 bits per heavy atom. The zero-order valence-electron chi connectivity index (χ0n) is 12.9. The quantitative estimate of drug-likeness (QED) is 0.809. The van der Waals surface area contributed by atoms with Gasteiger partial charge in [0, 0.05) is 30.9 Å². The number of hydrogen-bond donors (Lipinski definition) is 0. The molecule has 2 aromatic rings. The van der Waals surface area contributed by atoms with E-state index in [-0.39, 0.29) is 0 Å². The van der Waals surface area contributed by atoms with E-state index in [0.29, 0.717) is 12.2 Å². The van der Waals surface area contributed by atoms with E-state index in [1.165, 1.54) is 11.3 Å². The minimum Gasteiger partial charge on any atom is -0.347 e. The number of aryl methyl sites for hydroxylation is 3. The molecule has 0 fully saturated rings. The third-order valence-electron chi connectivity index (χ3n) is 4.28. The Balaban J connectivity index is 1.87. The van der Waals surface area contributed by atoms with Gasteiger partial charge in [0.1, 0.15) is 0 Å². The van der Waals surface area contributed by atoms with Gasteiger partial charge in [-0.05, 0) is 44.2 Å². The van der Waals surface area contributed by atoms with E-state index in [1.807, 2.05) is 6.20 Å². The lowest BCUT2D eigenvalue weighted by molar-refractivity contribution is 0.0982. The number of carbonyl (C=O) groups is 1. The second-order valence-electron chi connectivity index (χ2n) is 5.80. The highest BCUT2D eigenvalue weighted by Gasteiger charge is 2.18. The average molecular weight is 285 g/mol. The van der Waals surface area contributed by atoms with Crippen molar-refractivity contribution in [3.8, 4) is 0 Å². The van der Waals surface area contributed by atoms with Gasteiger partial charge in [-0.3, -0.25) is 9.48 Å². The maximum Gasteiger partial charge on any atom is 0.164 e. The highest BCUT2D eigenvalue weighted by Crippen LogP contribution is 2.22. The molecule has 1 aliphatic carbocycles. The van der Waals surface area contributed by atoms with Gasteiger partial charge in [-0.1, -0.05) is 6.92 Å². The van der Waals surface area contributed by atoms with Crippen LogP contribution in [0.5, 0.6) is 0 Å². The van der Waals surface area contributed by atoms with Gasteiger partial charge in [0.15, 0.2) is 5.78 Å². The summed E-state index contributed by atoms with van der Waals surface area (Å²) in [4.78, 5) is 12.1. The Bertz CT molecular complexity index is 651. The summed E-state index contributed by atoms with van der Waals surface area (Å²) in [6, 6.07) is 2.18. The van der Waals surface area contributed by atoms with Gasteiger partial charge in [-0.2, -0.15) is 5.10 Å².